The minimum absolute atomic E-state index is 0.116. The number of halogens is 3. The molecule has 0 aromatic heterocycles. The highest BCUT2D eigenvalue weighted by Crippen LogP contribution is 2.32. The van der Waals surface area contributed by atoms with Gasteiger partial charge in [0.05, 0.1) is 12.1 Å². The third kappa shape index (κ3) is 6.15. The van der Waals surface area contributed by atoms with Gasteiger partial charge in [-0.25, -0.2) is 0 Å². The van der Waals surface area contributed by atoms with Crippen molar-refractivity contribution in [2.24, 2.45) is 0 Å². The number of carbonyl (C=O) groups is 2. The zero-order valence-corrected chi connectivity index (χ0v) is 19.2. The van der Waals surface area contributed by atoms with E-state index < -0.39 is 23.4 Å². The first-order valence-electron chi connectivity index (χ1n) is 11.7. The van der Waals surface area contributed by atoms with Crippen LogP contribution in [0, 0.1) is 0 Å². The maximum absolute atomic E-state index is 12.9. The van der Waals surface area contributed by atoms with E-state index in [9.17, 15) is 27.9 Å². The second-order valence-corrected chi connectivity index (χ2v) is 9.21. The lowest BCUT2D eigenvalue weighted by Gasteiger charge is -2.44. The Morgan fingerprint density at radius 1 is 1.14 bits per heavy atom. The molecular weight excluding hydrogens is 463 g/mol. The highest BCUT2D eigenvalue weighted by molar-refractivity contribution is 5.96. The van der Waals surface area contributed by atoms with Gasteiger partial charge in [-0.15, -0.1) is 0 Å². The third-order valence-corrected chi connectivity index (χ3v) is 6.76. The van der Waals surface area contributed by atoms with Crippen LogP contribution in [0.25, 0.3) is 0 Å². The van der Waals surface area contributed by atoms with Gasteiger partial charge in [0.25, 0.3) is 5.91 Å². The second-order valence-electron chi connectivity index (χ2n) is 9.21. The lowest BCUT2D eigenvalue weighted by atomic mass is 9.87. The standard InChI is InChI=1S/C24H30F3N5O3/c25-24(26,27)18-5-3-4-17(14-18)22(34)28-15-21(33)31-13-8-20(16-31)30-19-6-9-23(35,10-7-19)32-12-2-1-11-29-32/h1-5,11-12,14,19-20,29-30,35H,6-10,13,15-16H2,(H,28,34)/t19?,20-,23?/m0/s1. The molecule has 2 aliphatic heterocycles. The first-order chi connectivity index (χ1) is 16.6. The van der Waals surface area contributed by atoms with Crippen molar-refractivity contribution in [3.8, 4) is 0 Å². The summed E-state index contributed by atoms with van der Waals surface area (Å²) < 4.78 is 38.6. The quantitative estimate of drug-likeness (QED) is 0.485. The van der Waals surface area contributed by atoms with Gasteiger partial charge in [-0.1, -0.05) is 6.07 Å². The fourth-order valence-corrected chi connectivity index (χ4v) is 4.77. The number of likely N-dealkylation sites (tertiary alicyclic amines) is 1. The van der Waals surface area contributed by atoms with Gasteiger partial charge in [-0.05, 0) is 62.5 Å². The molecular formula is C24H30F3N5O3. The van der Waals surface area contributed by atoms with Gasteiger partial charge in [-0.2, -0.15) is 13.2 Å². The van der Waals surface area contributed by atoms with Crippen molar-refractivity contribution < 1.29 is 27.9 Å². The minimum Gasteiger partial charge on any atom is -0.369 e. The van der Waals surface area contributed by atoms with Gasteiger partial charge in [0.15, 0.2) is 5.72 Å². The second kappa shape index (κ2) is 10.3. The van der Waals surface area contributed by atoms with Gasteiger partial charge in [0.2, 0.25) is 5.91 Å². The number of allylic oxidation sites excluding steroid dienone is 2. The normalized spacial score (nSPS) is 26.5. The summed E-state index contributed by atoms with van der Waals surface area (Å²) in [6, 6.07) is 4.47. The lowest BCUT2D eigenvalue weighted by molar-refractivity contribution is -0.137. The van der Waals surface area contributed by atoms with Gasteiger partial charge in [0, 0.05) is 43.1 Å². The molecule has 1 aromatic rings. The van der Waals surface area contributed by atoms with E-state index >= 15 is 0 Å². The zero-order valence-electron chi connectivity index (χ0n) is 19.2. The monoisotopic (exact) mass is 493 g/mol. The van der Waals surface area contributed by atoms with Crippen LogP contribution in [0.5, 0.6) is 0 Å². The zero-order chi connectivity index (χ0) is 25.1. The maximum atomic E-state index is 12.9. The highest BCUT2D eigenvalue weighted by Gasteiger charge is 2.39. The Bertz CT molecular complexity index is 989. The summed E-state index contributed by atoms with van der Waals surface area (Å²) in [6.07, 6.45) is 6.35. The molecule has 1 saturated heterocycles. The smallest absolute Gasteiger partial charge is 0.369 e. The Hall–Kier alpha value is -3.05. The molecule has 0 unspecified atom stereocenters. The van der Waals surface area contributed by atoms with Crippen molar-refractivity contribution in [3.05, 3.63) is 59.9 Å². The molecule has 0 radical (unpaired) electrons. The number of nitrogens with zero attached hydrogens (tertiary/aromatic N) is 2. The predicted molar refractivity (Wildman–Crippen MR) is 122 cm³/mol. The molecule has 190 valence electrons. The summed E-state index contributed by atoms with van der Waals surface area (Å²) in [5.41, 5.74) is 1.06. The number of hydrogen-bond acceptors (Lipinski definition) is 6. The summed E-state index contributed by atoms with van der Waals surface area (Å²) in [5, 5.41) is 18.7. The van der Waals surface area contributed by atoms with Crippen LogP contribution in [0.1, 0.15) is 48.0 Å². The Morgan fingerprint density at radius 3 is 2.60 bits per heavy atom. The summed E-state index contributed by atoms with van der Waals surface area (Å²) >= 11 is 0. The van der Waals surface area contributed by atoms with Crippen LogP contribution in [-0.2, 0) is 11.0 Å². The van der Waals surface area contributed by atoms with Crippen molar-refractivity contribution in [2.75, 3.05) is 19.6 Å². The van der Waals surface area contributed by atoms with E-state index in [2.05, 4.69) is 16.1 Å². The van der Waals surface area contributed by atoms with Crippen molar-refractivity contribution in [3.63, 3.8) is 0 Å². The number of aliphatic hydroxyl groups is 1. The van der Waals surface area contributed by atoms with Crippen molar-refractivity contribution in [1.82, 2.24) is 26.0 Å². The van der Waals surface area contributed by atoms with Crippen LogP contribution in [0.15, 0.2) is 48.8 Å². The molecule has 1 saturated carbocycles. The van der Waals surface area contributed by atoms with E-state index in [1.165, 1.54) is 12.1 Å². The number of amides is 2. The van der Waals surface area contributed by atoms with Crippen LogP contribution in [0.4, 0.5) is 13.2 Å². The first kappa shape index (κ1) is 25.1. The average Bonchev–Trinajstić information content (AvgIpc) is 3.32. The number of nitrogens with one attached hydrogen (secondary N) is 3. The topological polar surface area (TPSA) is 96.9 Å². The van der Waals surface area contributed by atoms with Gasteiger partial charge >= 0.3 is 6.18 Å². The molecule has 4 rings (SSSR count). The number of hydrazine groups is 1. The van der Waals surface area contributed by atoms with Crippen LogP contribution < -0.4 is 16.1 Å². The van der Waals surface area contributed by atoms with Crippen molar-refractivity contribution in [1.29, 1.82) is 0 Å². The van der Waals surface area contributed by atoms with Crippen LogP contribution in [-0.4, -0.2) is 64.3 Å². The molecule has 1 aliphatic carbocycles. The number of benzene rings is 1. The van der Waals surface area contributed by atoms with Crippen LogP contribution in [0.3, 0.4) is 0 Å². The van der Waals surface area contributed by atoms with Gasteiger partial charge in [0.1, 0.15) is 0 Å². The van der Waals surface area contributed by atoms with E-state index in [0.717, 1.165) is 31.4 Å². The van der Waals surface area contributed by atoms with E-state index in [1.54, 1.807) is 16.1 Å². The lowest BCUT2D eigenvalue weighted by Crippen LogP contribution is -2.56. The van der Waals surface area contributed by atoms with Crippen molar-refractivity contribution in [2.45, 2.75) is 56.1 Å². The maximum Gasteiger partial charge on any atom is 0.416 e. The number of carbonyl (C=O) groups excluding carboxylic acids is 2. The molecule has 8 nitrogen and oxygen atoms in total. The molecule has 2 fully saturated rings. The summed E-state index contributed by atoms with van der Waals surface area (Å²) in [6.45, 7) is 0.769. The highest BCUT2D eigenvalue weighted by atomic mass is 19.4. The summed E-state index contributed by atoms with van der Waals surface area (Å²) in [5.74, 6) is -0.995. The number of rotatable bonds is 6. The van der Waals surface area contributed by atoms with Crippen LogP contribution in [0.2, 0.25) is 0 Å². The molecule has 11 heteroatoms. The Labute approximate surface area is 201 Å². The molecule has 0 spiro atoms. The first-order valence-corrected chi connectivity index (χ1v) is 11.7. The molecule has 4 N–H and O–H groups in total. The molecule has 35 heavy (non-hydrogen) atoms. The third-order valence-electron chi connectivity index (χ3n) is 6.76. The fraction of sp³-hybridized carbons (Fsp3) is 0.500. The van der Waals surface area contributed by atoms with E-state index in [4.69, 9.17) is 0 Å². The molecule has 1 atom stereocenters. The summed E-state index contributed by atoms with van der Waals surface area (Å²) in [7, 11) is 0. The summed E-state index contributed by atoms with van der Waals surface area (Å²) in [4.78, 5) is 26.4. The van der Waals surface area contributed by atoms with Crippen LogP contribution >= 0.6 is 0 Å². The molecule has 2 amide bonds. The molecule has 3 aliphatic rings. The van der Waals surface area contributed by atoms with E-state index in [0.29, 0.717) is 25.9 Å². The minimum atomic E-state index is -4.54. The molecule has 0 bridgehead atoms. The molecule has 2 heterocycles. The van der Waals surface area contributed by atoms with E-state index in [1.807, 2.05) is 18.4 Å². The Balaban J connectivity index is 1.20. The largest absolute Gasteiger partial charge is 0.416 e. The SMILES string of the molecule is O=C(NCC(=O)N1CC[C@H](NC2CCC(O)(N3C=CC=CN3)CC2)C1)c1cccc(C(F)(F)F)c1. The molecule has 1 aromatic carbocycles. The Morgan fingerprint density at radius 2 is 1.91 bits per heavy atom. The Kier molecular flexibility index (Phi) is 7.36. The van der Waals surface area contributed by atoms with Gasteiger partial charge in [-0.3, -0.25) is 14.6 Å². The van der Waals surface area contributed by atoms with Crippen molar-refractivity contribution >= 4 is 11.8 Å². The van der Waals surface area contributed by atoms with Gasteiger partial charge < -0.3 is 26.1 Å². The predicted octanol–water partition coefficient (Wildman–Crippen LogP) is 2.10. The number of alkyl halides is 3. The fourth-order valence-electron chi connectivity index (χ4n) is 4.77. The van der Waals surface area contributed by atoms with E-state index in [-0.39, 0.29) is 30.1 Å². The average molecular weight is 494 g/mol. The number of hydrogen-bond donors (Lipinski definition) is 4.